The third-order valence-corrected chi connectivity index (χ3v) is 4.02. The molecular weight excluding hydrogens is 240 g/mol. The summed E-state index contributed by atoms with van der Waals surface area (Å²) in [4.78, 5) is 2.29. The van der Waals surface area contributed by atoms with Crippen LogP contribution in [0.2, 0.25) is 0 Å². The van der Waals surface area contributed by atoms with Gasteiger partial charge in [0.05, 0.1) is 12.8 Å². The van der Waals surface area contributed by atoms with E-state index in [2.05, 4.69) is 16.1 Å². The summed E-state index contributed by atoms with van der Waals surface area (Å²) in [6.45, 7) is 2.09. The van der Waals surface area contributed by atoms with Crippen LogP contribution in [0.5, 0.6) is 5.75 Å². The molecule has 3 fully saturated rings. The average molecular weight is 258 g/mol. The van der Waals surface area contributed by atoms with Crippen LogP contribution in [-0.2, 0) is 0 Å². The lowest BCUT2D eigenvalue weighted by Gasteiger charge is -2.42. The Bertz CT molecular complexity index is 529. The van der Waals surface area contributed by atoms with Crippen molar-refractivity contribution in [1.29, 1.82) is 0 Å². The second-order valence-electron chi connectivity index (χ2n) is 5.02. The molecule has 4 nitrogen and oxygen atoms in total. The van der Waals surface area contributed by atoms with Gasteiger partial charge in [-0.1, -0.05) is 23.4 Å². The molecule has 3 saturated heterocycles. The summed E-state index contributed by atoms with van der Waals surface area (Å²) < 4.78 is 5.37. The molecule has 19 heavy (non-hydrogen) atoms. The minimum atomic E-state index is 0.399. The molecule has 4 heteroatoms. The number of fused-ring (bicyclic) bond motifs is 3. The Morgan fingerprint density at radius 3 is 2.74 bits per heavy atom. The largest absolute Gasteiger partial charge is 0.496 e. The topological polar surface area (TPSA) is 45.1 Å². The van der Waals surface area contributed by atoms with Crippen LogP contribution in [0, 0.1) is 5.92 Å². The number of hydrogen-bond acceptors (Lipinski definition) is 4. The van der Waals surface area contributed by atoms with Crippen LogP contribution in [0.1, 0.15) is 18.4 Å². The van der Waals surface area contributed by atoms with Gasteiger partial charge in [-0.2, -0.15) is 0 Å². The Kier molecular flexibility index (Phi) is 3.15. The standard InChI is InChI=1S/C15H18N2O2/c1-19-14-5-3-2-4-12(14)10-13-15(16-18)11-6-8-17(13)9-7-11/h2-5,10-11,18H,6-9H2,1H3/b13-10?,16-15+. The van der Waals surface area contributed by atoms with Crippen molar-refractivity contribution in [2.24, 2.45) is 11.1 Å². The van der Waals surface area contributed by atoms with E-state index in [0.29, 0.717) is 5.92 Å². The molecule has 3 aliphatic heterocycles. The lowest BCUT2D eigenvalue weighted by molar-refractivity contribution is 0.229. The molecule has 0 aliphatic carbocycles. The Morgan fingerprint density at radius 2 is 2.05 bits per heavy atom. The van der Waals surface area contributed by atoms with E-state index >= 15 is 0 Å². The summed E-state index contributed by atoms with van der Waals surface area (Å²) in [7, 11) is 1.67. The summed E-state index contributed by atoms with van der Waals surface area (Å²) in [5, 5.41) is 12.8. The van der Waals surface area contributed by atoms with Crippen molar-refractivity contribution in [3.63, 3.8) is 0 Å². The molecule has 4 rings (SSSR count). The second kappa shape index (κ2) is 4.96. The van der Waals surface area contributed by atoms with Gasteiger partial charge in [0.15, 0.2) is 0 Å². The van der Waals surface area contributed by atoms with E-state index in [1.807, 2.05) is 24.3 Å². The molecule has 0 aromatic heterocycles. The van der Waals surface area contributed by atoms with E-state index in [9.17, 15) is 5.21 Å². The van der Waals surface area contributed by atoms with E-state index in [1.54, 1.807) is 7.11 Å². The zero-order chi connectivity index (χ0) is 13.2. The van der Waals surface area contributed by atoms with Crippen molar-refractivity contribution < 1.29 is 9.94 Å². The molecule has 0 unspecified atom stereocenters. The molecule has 0 spiro atoms. The van der Waals surface area contributed by atoms with Crippen LogP contribution >= 0.6 is 0 Å². The van der Waals surface area contributed by atoms with Crippen LogP contribution in [0.15, 0.2) is 35.1 Å². The molecule has 1 aromatic rings. The highest BCUT2D eigenvalue weighted by atomic mass is 16.5. The number of hydrogen-bond donors (Lipinski definition) is 1. The van der Waals surface area contributed by atoms with E-state index in [0.717, 1.165) is 48.7 Å². The molecule has 100 valence electrons. The molecular formula is C15H18N2O2. The number of allylic oxidation sites excluding steroid dienone is 1. The molecule has 0 radical (unpaired) electrons. The molecule has 0 amide bonds. The average Bonchev–Trinajstić information content (AvgIpc) is 2.49. The van der Waals surface area contributed by atoms with Crippen LogP contribution in [0.25, 0.3) is 6.08 Å². The lowest BCUT2D eigenvalue weighted by Crippen LogP contribution is -2.46. The maximum atomic E-state index is 9.28. The molecule has 1 aromatic carbocycles. The molecule has 1 N–H and O–H groups in total. The van der Waals surface area contributed by atoms with Gasteiger partial charge >= 0.3 is 0 Å². The highest BCUT2D eigenvalue weighted by Crippen LogP contribution is 2.34. The van der Waals surface area contributed by atoms with E-state index in [4.69, 9.17) is 4.74 Å². The van der Waals surface area contributed by atoms with Crippen molar-refractivity contribution >= 4 is 11.8 Å². The first-order valence-electron chi connectivity index (χ1n) is 6.65. The summed E-state index contributed by atoms with van der Waals surface area (Å²) >= 11 is 0. The monoisotopic (exact) mass is 258 g/mol. The van der Waals surface area contributed by atoms with Crippen molar-refractivity contribution in [3.8, 4) is 5.75 Å². The smallest absolute Gasteiger partial charge is 0.126 e. The summed E-state index contributed by atoms with van der Waals surface area (Å²) in [5.74, 6) is 1.24. The van der Waals surface area contributed by atoms with Crippen molar-refractivity contribution in [3.05, 3.63) is 35.5 Å². The first-order chi connectivity index (χ1) is 9.33. The number of piperidine rings is 3. The molecule has 0 atom stereocenters. The Hall–Kier alpha value is -1.97. The maximum Gasteiger partial charge on any atom is 0.126 e. The maximum absolute atomic E-state index is 9.28. The van der Waals surface area contributed by atoms with Gasteiger partial charge in [0, 0.05) is 24.6 Å². The van der Waals surface area contributed by atoms with Gasteiger partial charge in [0.25, 0.3) is 0 Å². The molecule has 3 aliphatic rings. The minimum Gasteiger partial charge on any atom is -0.496 e. The number of ether oxygens (including phenoxy) is 1. The highest BCUT2D eigenvalue weighted by molar-refractivity contribution is 6.05. The van der Waals surface area contributed by atoms with Gasteiger partial charge in [-0.3, -0.25) is 0 Å². The number of nitrogens with zero attached hydrogens (tertiary/aromatic N) is 2. The fourth-order valence-corrected chi connectivity index (χ4v) is 3.00. The lowest BCUT2D eigenvalue weighted by atomic mass is 9.83. The normalized spacial score (nSPS) is 23.3. The van der Waals surface area contributed by atoms with Crippen LogP contribution in [0.3, 0.4) is 0 Å². The highest BCUT2D eigenvalue weighted by Gasteiger charge is 2.35. The fraction of sp³-hybridized carbons (Fsp3) is 0.400. The van der Waals surface area contributed by atoms with Crippen LogP contribution in [0.4, 0.5) is 0 Å². The zero-order valence-electron chi connectivity index (χ0n) is 11.0. The molecule has 0 saturated carbocycles. The number of methoxy groups -OCH3 is 1. The number of oxime groups is 1. The van der Waals surface area contributed by atoms with Crippen molar-refractivity contribution in [1.82, 2.24) is 4.90 Å². The fourth-order valence-electron chi connectivity index (χ4n) is 3.00. The first-order valence-corrected chi connectivity index (χ1v) is 6.65. The first kappa shape index (κ1) is 12.1. The number of rotatable bonds is 2. The van der Waals surface area contributed by atoms with Crippen molar-refractivity contribution in [2.45, 2.75) is 12.8 Å². The quantitative estimate of drug-likeness (QED) is 0.655. The minimum absolute atomic E-state index is 0.399. The number of benzene rings is 1. The Labute approximate surface area is 113 Å². The Balaban J connectivity index is 2.02. The van der Waals surface area contributed by atoms with Gasteiger partial charge in [-0.05, 0) is 25.0 Å². The summed E-state index contributed by atoms with van der Waals surface area (Å²) in [5.41, 5.74) is 2.88. The van der Waals surface area contributed by atoms with Gasteiger partial charge in [-0.25, -0.2) is 0 Å². The van der Waals surface area contributed by atoms with E-state index < -0.39 is 0 Å². The van der Waals surface area contributed by atoms with Crippen molar-refractivity contribution in [2.75, 3.05) is 20.2 Å². The third-order valence-electron chi connectivity index (χ3n) is 4.02. The van der Waals surface area contributed by atoms with Gasteiger partial charge in [-0.15, -0.1) is 0 Å². The summed E-state index contributed by atoms with van der Waals surface area (Å²) in [6, 6.07) is 7.90. The molecule has 2 bridgehead atoms. The van der Waals surface area contributed by atoms with Gasteiger partial charge in [0.2, 0.25) is 0 Å². The SMILES string of the molecule is COc1ccccc1C=C1/C(=N/O)C2CCN1CC2. The molecule has 3 heterocycles. The van der Waals surface area contributed by atoms with Crippen LogP contribution < -0.4 is 4.74 Å². The van der Waals surface area contributed by atoms with Crippen LogP contribution in [-0.4, -0.2) is 36.0 Å². The van der Waals surface area contributed by atoms with Gasteiger partial charge < -0.3 is 14.8 Å². The van der Waals surface area contributed by atoms with Gasteiger partial charge in [0.1, 0.15) is 11.5 Å². The third kappa shape index (κ3) is 2.07. The number of para-hydroxylation sites is 1. The zero-order valence-corrected chi connectivity index (χ0v) is 11.0. The summed E-state index contributed by atoms with van der Waals surface area (Å²) in [6.07, 6.45) is 4.24. The second-order valence-corrected chi connectivity index (χ2v) is 5.02. The predicted octanol–water partition coefficient (Wildman–Crippen LogP) is 2.59. The predicted molar refractivity (Wildman–Crippen MR) is 74.5 cm³/mol. The van der Waals surface area contributed by atoms with E-state index in [-0.39, 0.29) is 0 Å². The Morgan fingerprint density at radius 1 is 1.32 bits per heavy atom. The van der Waals surface area contributed by atoms with E-state index in [1.165, 1.54) is 0 Å².